The van der Waals surface area contributed by atoms with Crippen molar-refractivity contribution in [2.75, 3.05) is 0 Å². The maximum absolute atomic E-state index is 11.6. The number of amides is 1. The minimum absolute atomic E-state index is 0.181. The highest BCUT2D eigenvalue weighted by molar-refractivity contribution is 5.80. The largest absolute Gasteiger partial charge is 0.489 e. The van der Waals surface area contributed by atoms with Gasteiger partial charge in [-0.2, -0.15) is 0 Å². The van der Waals surface area contributed by atoms with E-state index in [4.69, 9.17) is 4.74 Å². The third-order valence-electron chi connectivity index (χ3n) is 3.55. The molecule has 1 N–H and O–H groups in total. The zero-order chi connectivity index (χ0) is 14.5. The summed E-state index contributed by atoms with van der Waals surface area (Å²) in [7, 11) is 0. The zero-order valence-electron chi connectivity index (χ0n) is 11.9. The first-order valence-corrected chi connectivity index (χ1v) is 7.34. The van der Waals surface area contributed by atoms with Crippen molar-refractivity contribution in [2.45, 2.75) is 26.0 Å². The number of rotatable bonds is 6. The molecule has 0 aliphatic heterocycles. The summed E-state index contributed by atoms with van der Waals surface area (Å²) in [6.07, 6.45) is 2.08. The number of para-hydroxylation sites is 1. The van der Waals surface area contributed by atoms with Crippen molar-refractivity contribution in [3.8, 4) is 5.75 Å². The second-order valence-corrected chi connectivity index (χ2v) is 5.41. The Morgan fingerprint density at radius 1 is 1.05 bits per heavy atom. The second-order valence-electron chi connectivity index (χ2n) is 5.41. The molecule has 0 aromatic heterocycles. The van der Waals surface area contributed by atoms with Crippen LogP contribution in [0.1, 0.15) is 24.0 Å². The van der Waals surface area contributed by atoms with Gasteiger partial charge >= 0.3 is 0 Å². The Kier molecular flexibility index (Phi) is 4.20. The molecule has 3 nitrogen and oxygen atoms in total. The third-order valence-corrected chi connectivity index (χ3v) is 3.55. The lowest BCUT2D eigenvalue weighted by Gasteiger charge is -2.09. The summed E-state index contributed by atoms with van der Waals surface area (Å²) in [5.41, 5.74) is 2.22. The van der Waals surface area contributed by atoms with Gasteiger partial charge in [-0.25, -0.2) is 0 Å². The Bertz CT molecular complexity index is 606. The predicted octanol–water partition coefficient (Wildman–Crippen LogP) is 3.29. The van der Waals surface area contributed by atoms with Crippen LogP contribution < -0.4 is 10.1 Å². The van der Waals surface area contributed by atoms with Crippen molar-refractivity contribution < 1.29 is 9.53 Å². The maximum Gasteiger partial charge on any atom is 0.223 e. The molecule has 0 unspecified atom stereocenters. The standard InChI is InChI=1S/C18H19NO2/c20-18(16-9-10-16)19-12-14-5-4-6-15(11-14)13-21-17-7-2-1-3-8-17/h1-8,11,16H,9-10,12-13H2,(H,19,20). The topological polar surface area (TPSA) is 38.3 Å². The molecule has 0 atom stereocenters. The highest BCUT2D eigenvalue weighted by atomic mass is 16.5. The summed E-state index contributed by atoms with van der Waals surface area (Å²) >= 11 is 0. The monoisotopic (exact) mass is 281 g/mol. The van der Waals surface area contributed by atoms with E-state index in [1.807, 2.05) is 48.5 Å². The lowest BCUT2D eigenvalue weighted by Crippen LogP contribution is -2.24. The first-order chi connectivity index (χ1) is 10.3. The quantitative estimate of drug-likeness (QED) is 0.882. The Morgan fingerprint density at radius 2 is 1.81 bits per heavy atom. The van der Waals surface area contributed by atoms with Crippen LogP contribution in [0.25, 0.3) is 0 Å². The first kappa shape index (κ1) is 13.7. The van der Waals surface area contributed by atoms with Crippen LogP contribution in [0.4, 0.5) is 0 Å². The van der Waals surface area contributed by atoms with Gasteiger partial charge in [-0.1, -0.05) is 42.5 Å². The number of carbonyl (C=O) groups excluding carboxylic acids is 1. The highest BCUT2D eigenvalue weighted by Gasteiger charge is 2.29. The van der Waals surface area contributed by atoms with Crippen LogP contribution in [0.15, 0.2) is 54.6 Å². The molecule has 21 heavy (non-hydrogen) atoms. The van der Waals surface area contributed by atoms with E-state index >= 15 is 0 Å². The van der Waals surface area contributed by atoms with E-state index in [1.165, 1.54) is 0 Å². The van der Waals surface area contributed by atoms with E-state index in [0.717, 1.165) is 29.7 Å². The normalized spacial score (nSPS) is 13.7. The van der Waals surface area contributed by atoms with Gasteiger partial charge in [-0.3, -0.25) is 4.79 Å². The van der Waals surface area contributed by atoms with Crippen LogP contribution in [0.2, 0.25) is 0 Å². The Morgan fingerprint density at radius 3 is 2.57 bits per heavy atom. The van der Waals surface area contributed by atoms with E-state index in [2.05, 4.69) is 11.4 Å². The minimum Gasteiger partial charge on any atom is -0.489 e. The van der Waals surface area contributed by atoms with E-state index in [0.29, 0.717) is 13.2 Å². The Hall–Kier alpha value is -2.29. The minimum atomic E-state index is 0.181. The summed E-state index contributed by atoms with van der Waals surface area (Å²) in [6, 6.07) is 17.9. The van der Waals surface area contributed by atoms with E-state index in [1.54, 1.807) is 0 Å². The average molecular weight is 281 g/mol. The molecule has 0 spiro atoms. The van der Waals surface area contributed by atoms with Crippen molar-refractivity contribution in [3.63, 3.8) is 0 Å². The molecule has 1 amide bonds. The fourth-order valence-electron chi connectivity index (χ4n) is 2.19. The SMILES string of the molecule is O=C(NCc1cccc(COc2ccccc2)c1)C1CC1. The Balaban J connectivity index is 1.53. The summed E-state index contributed by atoms with van der Waals surface area (Å²) in [4.78, 5) is 11.6. The lowest BCUT2D eigenvalue weighted by atomic mass is 10.1. The third kappa shape index (κ3) is 4.09. The first-order valence-electron chi connectivity index (χ1n) is 7.34. The van der Waals surface area contributed by atoms with E-state index < -0.39 is 0 Å². The lowest BCUT2D eigenvalue weighted by molar-refractivity contribution is -0.122. The number of hydrogen-bond donors (Lipinski definition) is 1. The van der Waals surface area contributed by atoms with Crippen molar-refractivity contribution >= 4 is 5.91 Å². The van der Waals surface area contributed by atoms with Gasteiger partial charge in [-0.05, 0) is 36.1 Å². The van der Waals surface area contributed by atoms with E-state index in [-0.39, 0.29) is 11.8 Å². The molecule has 0 radical (unpaired) electrons. The van der Waals surface area contributed by atoms with Crippen LogP contribution in [0.3, 0.4) is 0 Å². The van der Waals surface area contributed by atoms with Gasteiger partial charge in [0.25, 0.3) is 0 Å². The fourth-order valence-corrected chi connectivity index (χ4v) is 2.19. The average Bonchev–Trinajstić information content (AvgIpc) is 3.37. The maximum atomic E-state index is 11.6. The molecular formula is C18H19NO2. The predicted molar refractivity (Wildman–Crippen MR) is 81.8 cm³/mol. The van der Waals surface area contributed by atoms with Gasteiger partial charge in [0.2, 0.25) is 5.91 Å². The van der Waals surface area contributed by atoms with Gasteiger partial charge in [0, 0.05) is 12.5 Å². The molecule has 1 aliphatic rings. The molecule has 2 aromatic rings. The number of ether oxygens (including phenoxy) is 1. The summed E-state index contributed by atoms with van der Waals surface area (Å²) in [5.74, 6) is 1.31. The zero-order valence-corrected chi connectivity index (χ0v) is 11.9. The molecule has 0 bridgehead atoms. The van der Waals surface area contributed by atoms with Crippen LogP contribution in [0.5, 0.6) is 5.75 Å². The number of benzene rings is 2. The number of carbonyl (C=O) groups is 1. The molecular weight excluding hydrogens is 262 g/mol. The Labute approximate surface area is 124 Å². The number of nitrogens with one attached hydrogen (secondary N) is 1. The van der Waals surface area contributed by atoms with Gasteiger partial charge < -0.3 is 10.1 Å². The molecule has 0 saturated heterocycles. The van der Waals surface area contributed by atoms with Gasteiger partial charge in [0.15, 0.2) is 0 Å². The molecule has 3 heteroatoms. The molecule has 1 aliphatic carbocycles. The van der Waals surface area contributed by atoms with Crippen molar-refractivity contribution in [2.24, 2.45) is 5.92 Å². The molecule has 2 aromatic carbocycles. The van der Waals surface area contributed by atoms with Crippen LogP contribution in [0, 0.1) is 5.92 Å². The molecule has 0 heterocycles. The van der Waals surface area contributed by atoms with Crippen molar-refractivity contribution in [3.05, 3.63) is 65.7 Å². The van der Waals surface area contributed by atoms with Crippen LogP contribution in [-0.4, -0.2) is 5.91 Å². The summed E-state index contributed by atoms with van der Waals surface area (Å²) < 4.78 is 5.73. The van der Waals surface area contributed by atoms with Crippen molar-refractivity contribution in [1.82, 2.24) is 5.32 Å². The van der Waals surface area contributed by atoms with Crippen molar-refractivity contribution in [1.29, 1.82) is 0 Å². The summed E-state index contributed by atoms with van der Waals surface area (Å²) in [6.45, 7) is 1.13. The van der Waals surface area contributed by atoms with Gasteiger partial charge in [0.05, 0.1) is 0 Å². The molecule has 3 rings (SSSR count). The van der Waals surface area contributed by atoms with E-state index in [9.17, 15) is 4.79 Å². The molecule has 1 saturated carbocycles. The smallest absolute Gasteiger partial charge is 0.223 e. The van der Waals surface area contributed by atoms with Gasteiger partial charge in [-0.15, -0.1) is 0 Å². The summed E-state index contributed by atoms with van der Waals surface area (Å²) in [5, 5.41) is 2.98. The van der Waals surface area contributed by atoms with Crippen LogP contribution >= 0.6 is 0 Å². The fraction of sp³-hybridized carbons (Fsp3) is 0.278. The molecule has 1 fully saturated rings. The number of hydrogen-bond acceptors (Lipinski definition) is 2. The highest BCUT2D eigenvalue weighted by Crippen LogP contribution is 2.28. The van der Waals surface area contributed by atoms with Gasteiger partial charge in [0.1, 0.15) is 12.4 Å². The van der Waals surface area contributed by atoms with Crippen LogP contribution in [-0.2, 0) is 17.9 Å². The molecule has 108 valence electrons. The second kappa shape index (κ2) is 6.44.